The summed E-state index contributed by atoms with van der Waals surface area (Å²) in [6.07, 6.45) is 2.11. The summed E-state index contributed by atoms with van der Waals surface area (Å²) in [4.78, 5) is 19.1. The third kappa shape index (κ3) is 4.87. The van der Waals surface area contributed by atoms with Crippen LogP contribution in [0.4, 0.5) is 14.8 Å². The zero-order valence-electron chi connectivity index (χ0n) is 16.4. The third-order valence-electron chi connectivity index (χ3n) is 5.28. The van der Waals surface area contributed by atoms with Crippen molar-refractivity contribution in [3.8, 4) is 5.75 Å². The van der Waals surface area contributed by atoms with Crippen LogP contribution in [-0.2, 0) is 11.2 Å². The molecule has 1 N–H and O–H groups in total. The van der Waals surface area contributed by atoms with Gasteiger partial charge in [-0.15, -0.1) is 0 Å². The molecule has 158 valence electrons. The zero-order chi connectivity index (χ0) is 20.9. The molecule has 0 radical (unpaired) electrons. The van der Waals surface area contributed by atoms with Gasteiger partial charge >= 0.3 is 6.61 Å². The number of oxazole rings is 1. The summed E-state index contributed by atoms with van der Waals surface area (Å²) in [7, 11) is 0. The quantitative estimate of drug-likeness (QED) is 0.632. The number of hydrogen-bond acceptors (Lipinski definition) is 5. The van der Waals surface area contributed by atoms with E-state index in [1.165, 1.54) is 12.1 Å². The summed E-state index contributed by atoms with van der Waals surface area (Å²) in [5, 5.41) is 2.98. The molecule has 0 spiro atoms. The highest BCUT2D eigenvalue weighted by molar-refractivity contribution is 5.79. The second-order valence-corrected chi connectivity index (χ2v) is 7.29. The highest BCUT2D eigenvalue weighted by Crippen LogP contribution is 2.26. The van der Waals surface area contributed by atoms with Crippen molar-refractivity contribution >= 4 is 23.0 Å². The van der Waals surface area contributed by atoms with Crippen LogP contribution in [0.2, 0.25) is 0 Å². The number of para-hydroxylation sites is 2. The number of nitrogens with zero attached hydrogens (tertiary/aromatic N) is 2. The molecule has 0 saturated carbocycles. The number of hydrogen-bond donors (Lipinski definition) is 1. The van der Waals surface area contributed by atoms with Crippen molar-refractivity contribution in [1.82, 2.24) is 10.3 Å². The molecule has 2 aromatic carbocycles. The van der Waals surface area contributed by atoms with Gasteiger partial charge in [-0.05, 0) is 49.1 Å². The van der Waals surface area contributed by atoms with Gasteiger partial charge in [-0.1, -0.05) is 24.3 Å². The number of amides is 1. The van der Waals surface area contributed by atoms with E-state index in [9.17, 15) is 13.6 Å². The van der Waals surface area contributed by atoms with Gasteiger partial charge in [0.05, 0.1) is 0 Å². The summed E-state index contributed by atoms with van der Waals surface area (Å²) < 4.78 is 34.5. The summed E-state index contributed by atoms with van der Waals surface area (Å²) in [6, 6.07) is 14.7. The fourth-order valence-corrected chi connectivity index (χ4v) is 3.64. The number of benzene rings is 2. The Morgan fingerprint density at radius 3 is 2.60 bits per heavy atom. The maximum atomic E-state index is 12.5. The number of alkyl halides is 2. The van der Waals surface area contributed by atoms with Crippen LogP contribution in [0.1, 0.15) is 18.4 Å². The molecule has 3 aromatic rings. The average molecular weight is 415 g/mol. The van der Waals surface area contributed by atoms with Crippen molar-refractivity contribution < 1.29 is 22.7 Å². The molecule has 8 heteroatoms. The maximum Gasteiger partial charge on any atom is 0.387 e. The lowest BCUT2D eigenvalue weighted by atomic mass is 9.96. The smallest absolute Gasteiger partial charge is 0.387 e. The Bertz CT molecular complexity index is 950. The molecule has 1 saturated heterocycles. The van der Waals surface area contributed by atoms with Gasteiger partial charge in [-0.2, -0.15) is 13.8 Å². The molecule has 1 aliphatic heterocycles. The topological polar surface area (TPSA) is 67.6 Å². The minimum Gasteiger partial charge on any atom is -0.435 e. The molecule has 2 heterocycles. The van der Waals surface area contributed by atoms with Gasteiger partial charge < -0.3 is 19.4 Å². The first kappa shape index (κ1) is 20.1. The molecule has 0 aliphatic carbocycles. The SMILES string of the molecule is O=C(NCCc1ccc(OC(F)F)cc1)C1CCN(c2nc3ccccc3o2)CC1. The van der Waals surface area contributed by atoms with Crippen molar-refractivity contribution in [1.29, 1.82) is 0 Å². The first-order chi connectivity index (χ1) is 14.6. The van der Waals surface area contributed by atoms with Gasteiger partial charge in [0.2, 0.25) is 5.91 Å². The number of carbonyl (C=O) groups is 1. The van der Waals surface area contributed by atoms with Gasteiger partial charge in [-0.3, -0.25) is 4.79 Å². The molecule has 6 nitrogen and oxygen atoms in total. The molecule has 0 bridgehead atoms. The third-order valence-corrected chi connectivity index (χ3v) is 5.28. The monoisotopic (exact) mass is 415 g/mol. The fourth-order valence-electron chi connectivity index (χ4n) is 3.64. The summed E-state index contributed by atoms with van der Waals surface area (Å²) in [5.41, 5.74) is 2.55. The molecule has 0 atom stereocenters. The maximum absolute atomic E-state index is 12.5. The van der Waals surface area contributed by atoms with E-state index in [4.69, 9.17) is 4.42 Å². The van der Waals surface area contributed by atoms with Gasteiger partial charge in [0, 0.05) is 25.6 Å². The molecule has 0 unspecified atom stereocenters. The van der Waals surface area contributed by atoms with Crippen LogP contribution in [-0.4, -0.2) is 37.1 Å². The van der Waals surface area contributed by atoms with Crippen molar-refractivity contribution in [2.24, 2.45) is 5.92 Å². The van der Waals surface area contributed by atoms with Crippen LogP contribution in [0.25, 0.3) is 11.1 Å². The Kier molecular flexibility index (Phi) is 6.11. The number of fused-ring (bicyclic) bond motifs is 1. The Labute approximate surface area is 172 Å². The molecule has 1 amide bonds. The number of rotatable bonds is 7. The van der Waals surface area contributed by atoms with E-state index < -0.39 is 6.61 Å². The van der Waals surface area contributed by atoms with E-state index in [2.05, 4.69) is 19.9 Å². The lowest BCUT2D eigenvalue weighted by Crippen LogP contribution is -2.41. The standard InChI is InChI=1S/C22H23F2N3O3/c23-21(24)29-17-7-5-15(6-8-17)9-12-25-20(28)16-10-13-27(14-11-16)22-26-18-3-1-2-4-19(18)30-22/h1-8,16,21H,9-14H2,(H,25,28). The van der Waals surface area contributed by atoms with Crippen molar-refractivity contribution in [3.05, 3.63) is 54.1 Å². The fraction of sp³-hybridized carbons (Fsp3) is 0.364. The minimum absolute atomic E-state index is 0.0348. The summed E-state index contributed by atoms with van der Waals surface area (Å²) in [5.74, 6) is 0.140. The highest BCUT2D eigenvalue weighted by atomic mass is 19.3. The van der Waals surface area contributed by atoms with Crippen LogP contribution in [0.5, 0.6) is 5.75 Å². The van der Waals surface area contributed by atoms with E-state index in [-0.39, 0.29) is 17.6 Å². The van der Waals surface area contributed by atoms with Gasteiger partial charge in [0.15, 0.2) is 5.58 Å². The molecular formula is C22H23F2N3O3. The van der Waals surface area contributed by atoms with Gasteiger partial charge in [0.25, 0.3) is 6.01 Å². The second-order valence-electron chi connectivity index (χ2n) is 7.29. The Morgan fingerprint density at radius 2 is 1.90 bits per heavy atom. The lowest BCUT2D eigenvalue weighted by molar-refractivity contribution is -0.125. The minimum atomic E-state index is -2.83. The molecule has 1 fully saturated rings. The predicted octanol–water partition coefficient (Wildman–Crippen LogP) is 4.00. The molecule has 1 aromatic heterocycles. The molecule has 30 heavy (non-hydrogen) atoms. The van der Waals surface area contributed by atoms with E-state index in [0.717, 1.165) is 42.6 Å². The Balaban J connectivity index is 1.21. The number of aromatic nitrogens is 1. The number of carbonyl (C=O) groups excluding carboxylic acids is 1. The van der Waals surface area contributed by atoms with Crippen molar-refractivity contribution in [2.75, 3.05) is 24.5 Å². The number of halogens is 2. The van der Waals surface area contributed by atoms with Crippen LogP contribution >= 0.6 is 0 Å². The normalized spacial score (nSPS) is 15.0. The van der Waals surface area contributed by atoms with E-state index in [0.29, 0.717) is 19.0 Å². The van der Waals surface area contributed by atoms with Crippen LogP contribution < -0.4 is 15.0 Å². The number of nitrogens with one attached hydrogen (secondary N) is 1. The van der Waals surface area contributed by atoms with Gasteiger partial charge in [-0.25, -0.2) is 0 Å². The second kappa shape index (κ2) is 9.11. The molecule has 4 rings (SSSR count). The molecule has 1 aliphatic rings. The van der Waals surface area contributed by atoms with Crippen molar-refractivity contribution in [3.63, 3.8) is 0 Å². The zero-order valence-corrected chi connectivity index (χ0v) is 16.4. The Hall–Kier alpha value is -3.16. The predicted molar refractivity (Wildman–Crippen MR) is 109 cm³/mol. The summed E-state index contributed by atoms with van der Waals surface area (Å²) >= 11 is 0. The largest absolute Gasteiger partial charge is 0.435 e. The van der Waals surface area contributed by atoms with E-state index in [1.807, 2.05) is 24.3 Å². The average Bonchev–Trinajstić information content (AvgIpc) is 3.19. The van der Waals surface area contributed by atoms with Gasteiger partial charge in [0.1, 0.15) is 11.3 Å². The first-order valence-corrected chi connectivity index (χ1v) is 10.0. The first-order valence-electron chi connectivity index (χ1n) is 10.0. The molecular weight excluding hydrogens is 392 g/mol. The lowest BCUT2D eigenvalue weighted by Gasteiger charge is -2.30. The van der Waals surface area contributed by atoms with Crippen LogP contribution in [0.15, 0.2) is 52.9 Å². The van der Waals surface area contributed by atoms with Crippen LogP contribution in [0, 0.1) is 5.92 Å². The number of anilines is 1. The summed E-state index contributed by atoms with van der Waals surface area (Å²) in [6.45, 7) is -0.893. The number of piperidine rings is 1. The highest BCUT2D eigenvalue weighted by Gasteiger charge is 2.27. The van der Waals surface area contributed by atoms with E-state index >= 15 is 0 Å². The Morgan fingerprint density at radius 1 is 1.17 bits per heavy atom. The number of ether oxygens (including phenoxy) is 1. The van der Waals surface area contributed by atoms with Crippen molar-refractivity contribution in [2.45, 2.75) is 25.9 Å². The van der Waals surface area contributed by atoms with Crippen LogP contribution in [0.3, 0.4) is 0 Å². The van der Waals surface area contributed by atoms with E-state index in [1.54, 1.807) is 12.1 Å².